The molecule has 2 aromatic carbocycles. The van der Waals surface area contributed by atoms with E-state index in [1.54, 1.807) is 11.8 Å². The number of rotatable bonds is 6. The Morgan fingerprint density at radius 2 is 1.67 bits per heavy atom. The highest BCUT2D eigenvalue weighted by Crippen LogP contribution is 2.42. The molecule has 134 valence electrons. The number of hydrogen-bond acceptors (Lipinski definition) is 5. The Hall–Kier alpha value is -2.86. The molecule has 0 unspecified atom stereocenters. The van der Waals surface area contributed by atoms with Crippen LogP contribution in [0.3, 0.4) is 0 Å². The van der Waals surface area contributed by atoms with Gasteiger partial charge in [0.2, 0.25) is 11.7 Å². The van der Waals surface area contributed by atoms with Crippen LogP contribution in [0.2, 0.25) is 0 Å². The fraction of sp³-hybridized carbons (Fsp3) is 0.190. The Bertz CT molecular complexity index is 1040. The number of benzene rings is 2. The van der Waals surface area contributed by atoms with Crippen LogP contribution < -0.4 is 0 Å². The first-order valence-electron chi connectivity index (χ1n) is 9.02. The maximum Gasteiger partial charge on any atom is 0.237 e. The first kappa shape index (κ1) is 16.3. The summed E-state index contributed by atoms with van der Waals surface area (Å²) in [6, 6.07) is 20.9. The van der Waals surface area contributed by atoms with Crippen molar-refractivity contribution in [2.45, 2.75) is 29.8 Å². The first-order chi connectivity index (χ1) is 13.4. The second-order valence-electron chi connectivity index (χ2n) is 6.56. The maximum absolute atomic E-state index is 5.43. The van der Waals surface area contributed by atoms with E-state index in [1.807, 2.05) is 42.6 Å². The second kappa shape index (κ2) is 7.04. The topological polar surface area (TPSA) is 56.7 Å². The molecule has 1 saturated carbocycles. The minimum Gasteiger partial charge on any atom is -0.338 e. The van der Waals surface area contributed by atoms with Crippen LogP contribution in [0.1, 0.15) is 24.8 Å². The average molecular weight is 374 g/mol. The van der Waals surface area contributed by atoms with Gasteiger partial charge in [0.05, 0.1) is 17.6 Å². The number of thioether (sulfide) groups is 1. The van der Waals surface area contributed by atoms with Crippen molar-refractivity contribution >= 4 is 11.8 Å². The summed E-state index contributed by atoms with van der Waals surface area (Å²) in [5.41, 5.74) is 3.34. The van der Waals surface area contributed by atoms with Gasteiger partial charge in [-0.1, -0.05) is 77.6 Å². The SMILES string of the molecule is c1ccc(-c2noc(CSc3ncc(-c4ccccc4)n3C3CC3)n2)cc1. The van der Waals surface area contributed by atoms with Crippen LogP contribution in [0.15, 0.2) is 76.5 Å². The zero-order chi connectivity index (χ0) is 18.1. The highest BCUT2D eigenvalue weighted by molar-refractivity contribution is 7.98. The van der Waals surface area contributed by atoms with Crippen molar-refractivity contribution in [1.29, 1.82) is 0 Å². The van der Waals surface area contributed by atoms with Crippen LogP contribution in [0.4, 0.5) is 0 Å². The monoisotopic (exact) mass is 374 g/mol. The van der Waals surface area contributed by atoms with Crippen LogP contribution >= 0.6 is 11.8 Å². The van der Waals surface area contributed by atoms with Gasteiger partial charge < -0.3 is 9.09 Å². The summed E-state index contributed by atoms with van der Waals surface area (Å²) >= 11 is 1.65. The molecule has 5 rings (SSSR count). The van der Waals surface area contributed by atoms with E-state index in [4.69, 9.17) is 4.52 Å². The van der Waals surface area contributed by atoms with Crippen LogP contribution in [0.5, 0.6) is 0 Å². The Morgan fingerprint density at radius 3 is 2.37 bits per heavy atom. The minimum atomic E-state index is 0.549. The van der Waals surface area contributed by atoms with Gasteiger partial charge in [-0.25, -0.2) is 4.98 Å². The molecule has 1 fully saturated rings. The van der Waals surface area contributed by atoms with Gasteiger partial charge >= 0.3 is 0 Å². The van der Waals surface area contributed by atoms with Crippen LogP contribution in [0, 0.1) is 0 Å². The Labute approximate surface area is 161 Å². The summed E-state index contributed by atoms with van der Waals surface area (Å²) in [5.74, 6) is 1.85. The number of imidazole rings is 1. The highest BCUT2D eigenvalue weighted by atomic mass is 32.2. The molecule has 0 saturated heterocycles. The van der Waals surface area contributed by atoms with Crippen LogP contribution in [-0.2, 0) is 5.75 Å². The molecule has 1 aliphatic carbocycles. The molecular weight excluding hydrogens is 356 g/mol. The van der Waals surface area contributed by atoms with Gasteiger partial charge in [-0.05, 0) is 18.4 Å². The molecule has 0 atom stereocenters. The van der Waals surface area contributed by atoms with Crippen molar-refractivity contribution in [2.75, 3.05) is 0 Å². The lowest BCUT2D eigenvalue weighted by Crippen LogP contribution is -1.99. The predicted octanol–water partition coefficient (Wildman–Crippen LogP) is 5.23. The molecule has 2 aromatic heterocycles. The van der Waals surface area contributed by atoms with Gasteiger partial charge in [0.15, 0.2) is 5.16 Å². The Kier molecular flexibility index (Phi) is 4.26. The van der Waals surface area contributed by atoms with Crippen molar-refractivity contribution < 1.29 is 4.52 Å². The van der Waals surface area contributed by atoms with E-state index >= 15 is 0 Å². The van der Waals surface area contributed by atoms with E-state index < -0.39 is 0 Å². The molecule has 4 aromatic rings. The fourth-order valence-corrected chi connectivity index (χ4v) is 3.99. The third kappa shape index (κ3) is 3.40. The van der Waals surface area contributed by atoms with E-state index in [-0.39, 0.29) is 0 Å². The summed E-state index contributed by atoms with van der Waals surface area (Å²) in [5, 5.41) is 5.10. The highest BCUT2D eigenvalue weighted by Gasteiger charge is 2.29. The van der Waals surface area contributed by atoms with Gasteiger partial charge in [-0.2, -0.15) is 4.98 Å². The van der Waals surface area contributed by atoms with E-state index in [2.05, 4.69) is 44.0 Å². The van der Waals surface area contributed by atoms with E-state index in [0.29, 0.717) is 23.5 Å². The summed E-state index contributed by atoms with van der Waals surface area (Å²) in [6.07, 6.45) is 4.39. The lowest BCUT2D eigenvalue weighted by atomic mass is 10.2. The molecule has 1 aliphatic rings. The molecule has 0 N–H and O–H groups in total. The van der Waals surface area contributed by atoms with Crippen molar-refractivity contribution in [3.05, 3.63) is 72.8 Å². The minimum absolute atomic E-state index is 0.549. The zero-order valence-corrected chi connectivity index (χ0v) is 15.5. The molecule has 0 aliphatic heterocycles. The summed E-state index contributed by atoms with van der Waals surface area (Å²) < 4.78 is 7.78. The molecule has 0 spiro atoms. The summed E-state index contributed by atoms with van der Waals surface area (Å²) in [7, 11) is 0. The normalized spacial score (nSPS) is 13.8. The molecule has 27 heavy (non-hydrogen) atoms. The lowest BCUT2D eigenvalue weighted by molar-refractivity contribution is 0.391. The molecule has 0 bridgehead atoms. The van der Waals surface area contributed by atoms with Gasteiger partial charge in [0.1, 0.15) is 0 Å². The van der Waals surface area contributed by atoms with Gasteiger partial charge in [-0.3, -0.25) is 0 Å². The third-order valence-electron chi connectivity index (χ3n) is 4.57. The largest absolute Gasteiger partial charge is 0.338 e. The summed E-state index contributed by atoms with van der Waals surface area (Å²) in [6.45, 7) is 0. The molecule has 0 amide bonds. The fourth-order valence-electron chi connectivity index (χ4n) is 3.10. The quantitative estimate of drug-likeness (QED) is 0.433. The first-order valence-corrected chi connectivity index (χ1v) is 10.0. The molecule has 5 nitrogen and oxygen atoms in total. The van der Waals surface area contributed by atoms with E-state index in [9.17, 15) is 0 Å². The van der Waals surface area contributed by atoms with Gasteiger partial charge in [0, 0.05) is 11.6 Å². The summed E-state index contributed by atoms with van der Waals surface area (Å²) in [4.78, 5) is 9.18. The lowest BCUT2D eigenvalue weighted by Gasteiger charge is -2.10. The number of nitrogens with zero attached hydrogens (tertiary/aromatic N) is 4. The Morgan fingerprint density at radius 1 is 0.963 bits per heavy atom. The molecule has 6 heteroatoms. The number of aromatic nitrogens is 4. The van der Waals surface area contributed by atoms with Crippen molar-refractivity contribution in [2.24, 2.45) is 0 Å². The predicted molar refractivity (Wildman–Crippen MR) is 105 cm³/mol. The zero-order valence-electron chi connectivity index (χ0n) is 14.7. The van der Waals surface area contributed by atoms with Crippen molar-refractivity contribution in [3.8, 4) is 22.6 Å². The van der Waals surface area contributed by atoms with Gasteiger partial charge in [-0.15, -0.1) is 0 Å². The molecular formula is C21H18N4OS. The van der Waals surface area contributed by atoms with Gasteiger partial charge in [0.25, 0.3) is 0 Å². The third-order valence-corrected chi connectivity index (χ3v) is 5.52. The maximum atomic E-state index is 5.43. The van der Waals surface area contributed by atoms with Crippen molar-refractivity contribution in [1.82, 2.24) is 19.7 Å². The number of hydrogen-bond donors (Lipinski definition) is 0. The standard InChI is InChI=1S/C21H18N4OS/c1-3-7-15(8-4-1)18-13-22-21(25(18)17-11-12-17)27-14-19-23-20(24-26-19)16-9-5-2-6-10-16/h1-10,13,17H,11-12,14H2. The molecule has 0 radical (unpaired) electrons. The Balaban J connectivity index is 1.36. The van der Waals surface area contributed by atoms with E-state index in [1.165, 1.54) is 24.1 Å². The van der Waals surface area contributed by atoms with E-state index in [0.717, 1.165) is 10.7 Å². The van der Waals surface area contributed by atoms with Crippen LogP contribution in [-0.4, -0.2) is 19.7 Å². The average Bonchev–Trinajstić information content (AvgIpc) is 3.30. The molecule has 2 heterocycles. The van der Waals surface area contributed by atoms with Crippen molar-refractivity contribution in [3.63, 3.8) is 0 Å². The smallest absolute Gasteiger partial charge is 0.237 e. The second-order valence-corrected chi connectivity index (χ2v) is 7.50. The van der Waals surface area contributed by atoms with Crippen LogP contribution in [0.25, 0.3) is 22.6 Å².